The minimum atomic E-state index is -0.153. The average Bonchev–Trinajstić information content (AvgIpc) is 3.02. The molecule has 0 atom stereocenters. The van der Waals surface area contributed by atoms with Crippen LogP contribution in [0.4, 0.5) is 5.69 Å². The van der Waals surface area contributed by atoms with Gasteiger partial charge in [-0.2, -0.15) is 0 Å². The Labute approximate surface area is 181 Å². The molecule has 1 amide bonds. The first-order chi connectivity index (χ1) is 13.8. The summed E-state index contributed by atoms with van der Waals surface area (Å²) in [4.78, 5) is 11.2. The van der Waals surface area contributed by atoms with Crippen LogP contribution in [0, 0.1) is 13.8 Å². The lowest BCUT2D eigenvalue weighted by Gasteiger charge is -2.02. The maximum absolute atomic E-state index is 11.2. The molecular weight excluding hydrogens is 356 g/mol. The molecule has 3 nitrogen and oxygen atoms in total. The third-order valence-electron chi connectivity index (χ3n) is 3.66. The molecule has 3 rings (SSSR count). The monoisotopic (exact) mass is 400 g/mol. The lowest BCUT2D eigenvalue weighted by Crippen LogP contribution is -2.02. The molecule has 0 fully saturated rings. The Balaban J connectivity index is -0.000000185. The topological polar surface area (TPSA) is 55.1 Å². The van der Waals surface area contributed by atoms with Crippen molar-refractivity contribution in [2.75, 3.05) is 5.32 Å². The van der Waals surface area contributed by atoms with E-state index in [4.69, 9.17) is 5.73 Å². The molecule has 0 saturated carbocycles. The van der Waals surface area contributed by atoms with Crippen LogP contribution in [-0.2, 0) is 4.79 Å². The zero-order valence-corrected chi connectivity index (χ0v) is 19.6. The summed E-state index contributed by atoms with van der Waals surface area (Å²) in [6.07, 6.45) is 1.25. The standard InChI is InChI=1S/C11H10N2O.C8H10.C3H8.2C2H6.2H2/c1-6-9-5-8(7(2)12)3-4-10(9)13-11(6)14;1-7-5-3-4-6-8(7)2;1-3-2;2*1-2;;/h3-5H,1-2,12H2,(H,13,14);3-6H,1-2H3;3H2,1-2H3;2*1-2H3;2*1H. The summed E-state index contributed by atoms with van der Waals surface area (Å²) in [7, 11) is 0. The van der Waals surface area contributed by atoms with Crippen LogP contribution in [0.1, 0.15) is 73.1 Å². The van der Waals surface area contributed by atoms with Gasteiger partial charge < -0.3 is 11.1 Å². The molecule has 0 radical (unpaired) electrons. The molecule has 0 saturated heterocycles. The minimum absolute atomic E-state index is 0. The zero-order valence-electron chi connectivity index (χ0n) is 19.6. The predicted octanol–water partition coefficient (Wildman–Crippen LogP) is 7.85. The van der Waals surface area contributed by atoms with E-state index in [0.29, 0.717) is 11.3 Å². The van der Waals surface area contributed by atoms with Crippen LogP contribution in [0.3, 0.4) is 0 Å². The Bertz CT molecular complexity index is 766. The van der Waals surface area contributed by atoms with Gasteiger partial charge in [0.2, 0.25) is 0 Å². The van der Waals surface area contributed by atoms with Crippen molar-refractivity contribution < 1.29 is 7.65 Å². The first-order valence-corrected chi connectivity index (χ1v) is 10.4. The molecule has 1 heterocycles. The molecule has 0 unspecified atom stereocenters. The van der Waals surface area contributed by atoms with Gasteiger partial charge in [-0.15, -0.1) is 0 Å². The van der Waals surface area contributed by atoms with Crippen molar-refractivity contribution in [2.45, 2.75) is 61.8 Å². The Morgan fingerprint density at radius 3 is 1.83 bits per heavy atom. The van der Waals surface area contributed by atoms with E-state index in [9.17, 15) is 4.79 Å². The van der Waals surface area contributed by atoms with Crippen molar-refractivity contribution in [1.29, 1.82) is 0 Å². The highest BCUT2D eigenvalue weighted by molar-refractivity contribution is 6.31. The van der Waals surface area contributed by atoms with Crippen molar-refractivity contribution in [3.05, 3.63) is 77.9 Å². The summed E-state index contributed by atoms with van der Waals surface area (Å²) in [5, 5.41) is 2.70. The molecule has 2 aromatic carbocycles. The molecule has 164 valence electrons. The molecule has 29 heavy (non-hydrogen) atoms. The Morgan fingerprint density at radius 2 is 1.45 bits per heavy atom. The van der Waals surface area contributed by atoms with Crippen LogP contribution in [0.2, 0.25) is 0 Å². The van der Waals surface area contributed by atoms with E-state index >= 15 is 0 Å². The minimum Gasteiger partial charge on any atom is -0.399 e. The molecular formula is C26H44N2O. The second-order valence-electron chi connectivity index (χ2n) is 6.01. The fourth-order valence-corrected chi connectivity index (χ4v) is 2.09. The summed E-state index contributed by atoms with van der Waals surface area (Å²) < 4.78 is 0. The van der Waals surface area contributed by atoms with Gasteiger partial charge in [0.15, 0.2) is 0 Å². The third kappa shape index (κ3) is 9.79. The molecule has 3 N–H and O–H groups in total. The van der Waals surface area contributed by atoms with E-state index in [2.05, 4.69) is 70.4 Å². The number of hydrogen-bond donors (Lipinski definition) is 2. The molecule has 1 aliphatic heterocycles. The highest BCUT2D eigenvalue weighted by Crippen LogP contribution is 2.31. The van der Waals surface area contributed by atoms with Crippen LogP contribution < -0.4 is 11.1 Å². The van der Waals surface area contributed by atoms with Gasteiger partial charge in [-0.3, -0.25) is 4.79 Å². The number of benzene rings is 2. The number of anilines is 1. The molecule has 2 aromatic rings. The van der Waals surface area contributed by atoms with E-state index < -0.39 is 0 Å². The first-order valence-electron chi connectivity index (χ1n) is 10.4. The van der Waals surface area contributed by atoms with Gasteiger partial charge in [0.1, 0.15) is 0 Å². The van der Waals surface area contributed by atoms with Crippen molar-refractivity contribution in [1.82, 2.24) is 0 Å². The van der Waals surface area contributed by atoms with E-state index in [1.165, 1.54) is 17.5 Å². The van der Waals surface area contributed by atoms with E-state index in [1.54, 1.807) is 6.07 Å². The predicted molar refractivity (Wildman–Crippen MR) is 136 cm³/mol. The maximum atomic E-state index is 11.2. The zero-order chi connectivity index (χ0) is 23.0. The Hall–Kier alpha value is -2.81. The quantitative estimate of drug-likeness (QED) is 0.479. The molecule has 1 aliphatic rings. The lowest BCUT2D eigenvalue weighted by atomic mass is 10.0. The number of rotatable bonds is 1. The molecule has 3 heteroatoms. The van der Waals surface area contributed by atoms with E-state index in [-0.39, 0.29) is 8.76 Å². The SMILES string of the molecule is C=C(N)c1ccc2c(c1)C(=C)C(=O)N2.CC.CC.CCC.Cc1ccccc1C.[HH].[HH]. The number of amides is 1. The third-order valence-corrected chi connectivity index (χ3v) is 3.66. The first kappa shape index (κ1) is 28.4. The summed E-state index contributed by atoms with van der Waals surface area (Å²) in [6.45, 7) is 23.8. The number of fused-ring (bicyclic) bond motifs is 1. The maximum Gasteiger partial charge on any atom is 0.255 e. The number of nitrogens with two attached hydrogens (primary N) is 1. The normalized spacial score (nSPS) is 10.2. The molecule has 0 aliphatic carbocycles. The lowest BCUT2D eigenvalue weighted by molar-refractivity contribution is -0.110. The van der Waals surface area contributed by atoms with E-state index in [0.717, 1.165) is 16.8 Å². The van der Waals surface area contributed by atoms with Crippen LogP contribution in [0.15, 0.2) is 55.6 Å². The molecule has 0 bridgehead atoms. The van der Waals surface area contributed by atoms with Crippen molar-refractivity contribution in [3.63, 3.8) is 0 Å². The highest BCUT2D eigenvalue weighted by Gasteiger charge is 2.22. The van der Waals surface area contributed by atoms with Crippen molar-refractivity contribution in [2.24, 2.45) is 5.73 Å². The van der Waals surface area contributed by atoms with Crippen molar-refractivity contribution in [3.8, 4) is 0 Å². The van der Waals surface area contributed by atoms with Crippen LogP contribution in [-0.4, -0.2) is 5.91 Å². The Morgan fingerprint density at radius 1 is 1.00 bits per heavy atom. The van der Waals surface area contributed by atoms with Crippen LogP contribution in [0.25, 0.3) is 11.3 Å². The van der Waals surface area contributed by atoms with Gasteiger partial charge in [-0.25, -0.2) is 0 Å². The van der Waals surface area contributed by atoms with Crippen LogP contribution in [0.5, 0.6) is 0 Å². The Kier molecular flexibility index (Phi) is 15.8. The number of nitrogens with one attached hydrogen (secondary N) is 1. The number of carbonyl (C=O) groups is 1. The summed E-state index contributed by atoms with van der Waals surface area (Å²) in [6, 6.07) is 13.8. The fourth-order valence-electron chi connectivity index (χ4n) is 2.09. The number of carbonyl (C=O) groups excluding carboxylic acids is 1. The van der Waals surface area contributed by atoms with Gasteiger partial charge in [-0.05, 0) is 42.7 Å². The number of aryl methyl sites for hydroxylation is 2. The van der Waals surface area contributed by atoms with E-state index in [1.807, 2.05) is 39.8 Å². The highest BCUT2D eigenvalue weighted by atomic mass is 16.1. The second kappa shape index (κ2) is 16.2. The van der Waals surface area contributed by atoms with Gasteiger partial charge in [-0.1, -0.05) is 91.5 Å². The molecule has 0 spiro atoms. The molecule has 0 aromatic heterocycles. The van der Waals surface area contributed by atoms with Gasteiger partial charge in [0, 0.05) is 25.4 Å². The largest absolute Gasteiger partial charge is 0.399 e. The fraction of sp³-hybridized carbons (Fsp3) is 0.346. The van der Waals surface area contributed by atoms with Crippen molar-refractivity contribution >= 4 is 22.9 Å². The number of hydrogen-bond acceptors (Lipinski definition) is 2. The summed E-state index contributed by atoms with van der Waals surface area (Å²) >= 11 is 0. The summed E-state index contributed by atoms with van der Waals surface area (Å²) in [5.41, 5.74) is 11.7. The second-order valence-corrected chi connectivity index (χ2v) is 6.01. The van der Waals surface area contributed by atoms with Gasteiger partial charge in [0.25, 0.3) is 5.91 Å². The van der Waals surface area contributed by atoms with Gasteiger partial charge in [0.05, 0.1) is 0 Å². The summed E-state index contributed by atoms with van der Waals surface area (Å²) in [5.74, 6) is -0.153. The smallest absolute Gasteiger partial charge is 0.255 e. The average molecular weight is 401 g/mol. The van der Waals surface area contributed by atoms with Crippen LogP contribution >= 0.6 is 0 Å². The van der Waals surface area contributed by atoms with Gasteiger partial charge >= 0.3 is 0 Å².